The number of aromatic nitrogens is 1. The Morgan fingerprint density at radius 2 is 1.92 bits per heavy atom. The first-order chi connectivity index (χ1) is 18.1. The van der Waals surface area contributed by atoms with Gasteiger partial charge in [0.15, 0.2) is 0 Å². The second-order valence-corrected chi connectivity index (χ2v) is 10.6. The standard InChI is InChI=1S/C27H36FN5O4S/c1-6-23(37-24-15-29-16-24)17-30-26-13-8-21(18-33(26)5)19(3)14-31-27(36-7-2)20(4)32-38(34,35)25-11-9-22(28)10-12-25/h8-14,17-18,20,24,29,32H,6-7,15-16H2,1-5H3/b19-14+,23-17+,30-26?,31-27?. The van der Waals surface area contributed by atoms with Crippen molar-refractivity contribution in [2.75, 3.05) is 19.7 Å². The van der Waals surface area contributed by atoms with E-state index in [1.165, 1.54) is 12.1 Å². The van der Waals surface area contributed by atoms with Crippen LogP contribution in [-0.4, -0.2) is 50.7 Å². The largest absolute Gasteiger partial charge is 0.491 e. The average Bonchev–Trinajstić information content (AvgIpc) is 2.86. The van der Waals surface area contributed by atoms with Crippen molar-refractivity contribution in [3.63, 3.8) is 0 Å². The Morgan fingerprint density at radius 1 is 1.21 bits per heavy atom. The molecule has 11 heteroatoms. The molecular weight excluding hydrogens is 509 g/mol. The molecule has 0 saturated carbocycles. The van der Waals surface area contributed by atoms with Crippen LogP contribution >= 0.6 is 0 Å². The zero-order valence-corrected chi connectivity index (χ0v) is 23.3. The first kappa shape index (κ1) is 29.3. The quantitative estimate of drug-likeness (QED) is 0.256. The van der Waals surface area contributed by atoms with Crippen LogP contribution in [0.4, 0.5) is 4.39 Å². The van der Waals surface area contributed by atoms with Gasteiger partial charge < -0.3 is 19.4 Å². The van der Waals surface area contributed by atoms with Crippen molar-refractivity contribution < 1.29 is 22.3 Å². The summed E-state index contributed by atoms with van der Waals surface area (Å²) >= 11 is 0. The number of benzene rings is 1. The highest BCUT2D eigenvalue weighted by atomic mass is 32.2. The predicted octanol–water partition coefficient (Wildman–Crippen LogP) is 3.47. The lowest BCUT2D eigenvalue weighted by atomic mass is 10.1. The summed E-state index contributed by atoms with van der Waals surface area (Å²) in [5.41, 5.74) is 2.54. The number of aryl methyl sites for hydroxylation is 1. The maximum Gasteiger partial charge on any atom is 0.241 e. The fraction of sp³-hybridized carbons (Fsp3) is 0.407. The van der Waals surface area contributed by atoms with E-state index in [1.54, 1.807) is 26.2 Å². The summed E-state index contributed by atoms with van der Waals surface area (Å²) in [4.78, 5) is 8.96. The van der Waals surface area contributed by atoms with Gasteiger partial charge in [-0.15, -0.1) is 0 Å². The number of nitrogens with zero attached hydrogens (tertiary/aromatic N) is 3. The summed E-state index contributed by atoms with van der Waals surface area (Å²) in [5.74, 6) is 0.549. The van der Waals surface area contributed by atoms with Crippen LogP contribution < -0.4 is 15.5 Å². The van der Waals surface area contributed by atoms with Crippen LogP contribution in [0.2, 0.25) is 0 Å². The fourth-order valence-electron chi connectivity index (χ4n) is 3.49. The molecular formula is C27H36FN5O4S. The van der Waals surface area contributed by atoms with Crippen molar-refractivity contribution in [1.29, 1.82) is 0 Å². The van der Waals surface area contributed by atoms with Crippen LogP contribution in [0.15, 0.2) is 75.6 Å². The second kappa shape index (κ2) is 13.5. The van der Waals surface area contributed by atoms with Gasteiger partial charge in [0.25, 0.3) is 0 Å². The van der Waals surface area contributed by atoms with Crippen molar-refractivity contribution in [1.82, 2.24) is 14.6 Å². The lowest BCUT2D eigenvalue weighted by molar-refractivity contribution is 0.0668. The zero-order valence-electron chi connectivity index (χ0n) is 22.4. The van der Waals surface area contributed by atoms with Gasteiger partial charge in [-0.3, -0.25) is 0 Å². The summed E-state index contributed by atoms with van der Waals surface area (Å²) in [5, 5.41) is 3.19. The van der Waals surface area contributed by atoms with Crippen molar-refractivity contribution >= 4 is 21.5 Å². The summed E-state index contributed by atoms with van der Waals surface area (Å²) in [6, 6.07) is 7.72. The number of hydrogen-bond acceptors (Lipinski definition) is 7. The molecule has 2 heterocycles. The van der Waals surface area contributed by atoms with Gasteiger partial charge in [0.05, 0.1) is 23.7 Å². The SMILES string of the molecule is CCOC(=N/C=C(\C)c1ccc(=N/C=C(\CC)OC2CNC2)n(C)c1)C(C)NS(=O)(=O)c1ccc(F)cc1. The zero-order chi connectivity index (χ0) is 27.7. The number of nitrogens with one attached hydrogen (secondary N) is 2. The van der Waals surface area contributed by atoms with Gasteiger partial charge in [-0.05, 0) is 68.3 Å². The molecule has 1 aliphatic heterocycles. The number of pyridine rings is 1. The Morgan fingerprint density at radius 3 is 2.50 bits per heavy atom. The molecule has 1 aromatic heterocycles. The molecule has 0 spiro atoms. The Labute approximate surface area is 223 Å². The number of hydrogen-bond donors (Lipinski definition) is 2. The third-order valence-corrected chi connectivity index (χ3v) is 7.37. The van der Waals surface area contributed by atoms with Crippen molar-refractivity contribution in [3.8, 4) is 0 Å². The first-order valence-electron chi connectivity index (χ1n) is 12.5. The maximum absolute atomic E-state index is 13.2. The third-order valence-electron chi connectivity index (χ3n) is 5.82. The number of halogens is 1. The minimum absolute atomic E-state index is 0.0427. The summed E-state index contributed by atoms with van der Waals surface area (Å²) in [7, 11) is -1.98. The molecule has 2 aromatic rings. The molecule has 1 aromatic carbocycles. The van der Waals surface area contributed by atoms with Crippen molar-refractivity contribution in [2.24, 2.45) is 17.0 Å². The van der Waals surface area contributed by atoms with E-state index in [0.29, 0.717) is 6.61 Å². The number of sulfonamides is 1. The number of aliphatic imine (C=N–C) groups is 1. The molecule has 0 aliphatic carbocycles. The van der Waals surface area contributed by atoms with Crippen LogP contribution in [0.5, 0.6) is 0 Å². The van der Waals surface area contributed by atoms with E-state index < -0.39 is 21.9 Å². The lowest BCUT2D eigenvalue weighted by Gasteiger charge is -2.28. The highest BCUT2D eigenvalue weighted by Crippen LogP contribution is 2.14. The summed E-state index contributed by atoms with van der Waals surface area (Å²) in [6.07, 6.45) is 6.32. The number of ether oxygens (including phenoxy) is 2. The lowest BCUT2D eigenvalue weighted by Crippen LogP contribution is -2.48. The molecule has 1 unspecified atom stereocenters. The van der Waals surface area contributed by atoms with E-state index in [2.05, 4.69) is 20.0 Å². The molecule has 0 radical (unpaired) electrons. The Kier molecular flexibility index (Phi) is 10.4. The van der Waals surface area contributed by atoms with Crippen molar-refractivity contribution in [2.45, 2.75) is 51.2 Å². The van der Waals surface area contributed by atoms with E-state index in [-0.39, 0.29) is 16.9 Å². The predicted molar refractivity (Wildman–Crippen MR) is 146 cm³/mol. The van der Waals surface area contributed by atoms with E-state index >= 15 is 0 Å². The molecule has 0 bridgehead atoms. The fourth-order valence-corrected chi connectivity index (χ4v) is 4.69. The Bertz CT molecular complexity index is 1360. The van der Waals surface area contributed by atoms with Crippen molar-refractivity contribution in [3.05, 3.63) is 77.6 Å². The van der Waals surface area contributed by atoms with Crippen LogP contribution in [0, 0.1) is 5.82 Å². The highest BCUT2D eigenvalue weighted by Gasteiger charge is 2.22. The first-order valence-corrected chi connectivity index (χ1v) is 14.0. The topological polar surface area (TPSA) is 106 Å². The molecule has 38 heavy (non-hydrogen) atoms. The number of rotatable bonds is 11. The second-order valence-electron chi connectivity index (χ2n) is 8.87. The monoisotopic (exact) mass is 545 g/mol. The van der Waals surface area contributed by atoms with Gasteiger partial charge in [-0.1, -0.05) is 6.92 Å². The molecule has 9 nitrogen and oxygen atoms in total. The van der Waals surface area contributed by atoms with Gasteiger partial charge in [0.2, 0.25) is 15.9 Å². The summed E-state index contributed by atoms with van der Waals surface area (Å²) in [6.45, 7) is 9.40. The van der Waals surface area contributed by atoms with Gasteiger partial charge in [-0.2, -0.15) is 4.72 Å². The van der Waals surface area contributed by atoms with E-state index in [9.17, 15) is 12.8 Å². The Balaban J connectivity index is 1.76. The molecule has 3 rings (SSSR count). The molecule has 1 aliphatic rings. The smallest absolute Gasteiger partial charge is 0.241 e. The molecule has 1 atom stereocenters. The molecule has 0 amide bonds. The van der Waals surface area contributed by atoms with Gasteiger partial charge in [-0.25, -0.2) is 22.8 Å². The Hall–Kier alpha value is -3.28. The van der Waals surface area contributed by atoms with Crippen LogP contribution in [0.1, 0.15) is 39.7 Å². The van der Waals surface area contributed by atoms with Gasteiger partial charge in [0.1, 0.15) is 23.2 Å². The summed E-state index contributed by atoms with van der Waals surface area (Å²) < 4.78 is 54.5. The average molecular weight is 546 g/mol. The van der Waals surface area contributed by atoms with E-state index in [0.717, 1.165) is 54.0 Å². The molecule has 1 saturated heterocycles. The minimum atomic E-state index is -3.89. The van der Waals surface area contributed by atoms with E-state index in [4.69, 9.17) is 9.47 Å². The number of allylic oxidation sites excluding steroid dienone is 2. The molecule has 2 N–H and O–H groups in total. The molecule has 1 fully saturated rings. The molecule has 206 valence electrons. The normalized spacial score (nSPS) is 16.8. The third kappa shape index (κ3) is 8.11. The van der Waals surface area contributed by atoms with Crippen LogP contribution in [0.25, 0.3) is 5.57 Å². The highest BCUT2D eigenvalue weighted by molar-refractivity contribution is 7.89. The van der Waals surface area contributed by atoms with Crippen LogP contribution in [0.3, 0.4) is 0 Å². The van der Waals surface area contributed by atoms with Crippen LogP contribution in [-0.2, 0) is 26.5 Å². The van der Waals surface area contributed by atoms with Gasteiger partial charge in [0, 0.05) is 39.0 Å². The van der Waals surface area contributed by atoms with Gasteiger partial charge >= 0.3 is 0 Å². The maximum atomic E-state index is 13.2. The minimum Gasteiger partial charge on any atom is -0.491 e. The van der Waals surface area contributed by atoms with E-state index in [1.807, 2.05) is 43.8 Å².